The smallest absolute Gasteiger partial charge is 0.261 e. The number of nitrogens with zero attached hydrogens (tertiary/aromatic N) is 2. The van der Waals surface area contributed by atoms with E-state index in [0.717, 1.165) is 37.3 Å². The Morgan fingerprint density at radius 1 is 0.886 bits per heavy atom. The van der Waals surface area contributed by atoms with Crippen LogP contribution in [-0.2, 0) is 6.54 Å². The molecular weight excluding hydrogens is 442 g/mol. The lowest BCUT2D eigenvalue weighted by Gasteiger charge is -2.30. The quantitative estimate of drug-likeness (QED) is 0.528. The number of carbonyl (C=O) groups is 3. The van der Waals surface area contributed by atoms with Crippen LogP contribution in [0.3, 0.4) is 0 Å². The SMILES string of the molecule is COc1ccc(CN2C(=O)c3ccccc3C2=O)cc1C(=O)Nc1ccccc1N1CCCCC1. The summed E-state index contributed by atoms with van der Waals surface area (Å²) in [6.45, 7) is 2.00. The Hall–Kier alpha value is -4.13. The van der Waals surface area contributed by atoms with E-state index in [0.29, 0.717) is 28.0 Å². The van der Waals surface area contributed by atoms with Crippen molar-refractivity contribution >= 4 is 29.1 Å². The van der Waals surface area contributed by atoms with Crippen LogP contribution in [0, 0.1) is 0 Å². The van der Waals surface area contributed by atoms with Gasteiger partial charge in [-0.3, -0.25) is 19.3 Å². The normalized spacial score (nSPS) is 15.2. The molecule has 0 aromatic heterocycles. The van der Waals surface area contributed by atoms with Gasteiger partial charge in [-0.05, 0) is 61.2 Å². The van der Waals surface area contributed by atoms with Crippen LogP contribution in [-0.4, -0.2) is 42.8 Å². The van der Waals surface area contributed by atoms with Crippen molar-refractivity contribution < 1.29 is 19.1 Å². The number of benzene rings is 3. The first-order valence-electron chi connectivity index (χ1n) is 11.8. The van der Waals surface area contributed by atoms with E-state index in [-0.39, 0.29) is 24.3 Å². The third-order valence-corrected chi connectivity index (χ3v) is 6.58. The van der Waals surface area contributed by atoms with Gasteiger partial charge in [0, 0.05) is 13.1 Å². The molecule has 0 radical (unpaired) electrons. The molecule has 3 amide bonds. The molecule has 1 fully saturated rings. The van der Waals surface area contributed by atoms with Crippen LogP contribution in [0.15, 0.2) is 66.7 Å². The molecule has 7 heteroatoms. The highest BCUT2D eigenvalue weighted by Crippen LogP contribution is 2.31. The fourth-order valence-corrected chi connectivity index (χ4v) is 4.78. The summed E-state index contributed by atoms with van der Waals surface area (Å²) < 4.78 is 5.45. The number of rotatable bonds is 6. The zero-order valence-electron chi connectivity index (χ0n) is 19.6. The highest BCUT2D eigenvalue weighted by atomic mass is 16.5. The molecule has 0 spiro atoms. The summed E-state index contributed by atoms with van der Waals surface area (Å²) in [5, 5.41) is 3.04. The Balaban J connectivity index is 1.39. The number of nitrogens with one attached hydrogen (secondary N) is 1. The lowest BCUT2D eigenvalue weighted by atomic mass is 10.1. The van der Waals surface area contributed by atoms with Crippen molar-refractivity contribution in [2.45, 2.75) is 25.8 Å². The van der Waals surface area contributed by atoms with Crippen LogP contribution in [0.25, 0.3) is 0 Å². The molecule has 2 aliphatic heterocycles. The lowest BCUT2D eigenvalue weighted by molar-refractivity contribution is 0.0642. The number of amides is 3. The van der Waals surface area contributed by atoms with Crippen LogP contribution in [0.1, 0.15) is 55.9 Å². The number of ether oxygens (including phenoxy) is 1. The molecule has 0 atom stereocenters. The molecule has 5 rings (SSSR count). The Morgan fingerprint density at radius 2 is 1.54 bits per heavy atom. The van der Waals surface area contributed by atoms with Crippen molar-refractivity contribution in [1.29, 1.82) is 0 Å². The number of carbonyl (C=O) groups excluding carboxylic acids is 3. The molecule has 3 aromatic carbocycles. The van der Waals surface area contributed by atoms with Gasteiger partial charge < -0.3 is 15.0 Å². The first-order chi connectivity index (χ1) is 17.1. The van der Waals surface area contributed by atoms with Gasteiger partial charge >= 0.3 is 0 Å². The monoisotopic (exact) mass is 469 g/mol. The minimum absolute atomic E-state index is 0.0704. The van der Waals surface area contributed by atoms with Crippen LogP contribution in [0.4, 0.5) is 11.4 Å². The average molecular weight is 470 g/mol. The van der Waals surface area contributed by atoms with Crippen molar-refractivity contribution in [2.75, 3.05) is 30.4 Å². The van der Waals surface area contributed by atoms with Crippen molar-refractivity contribution in [3.8, 4) is 5.75 Å². The second-order valence-corrected chi connectivity index (χ2v) is 8.80. The van der Waals surface area contributed by atoms with Crippen LogP contribution in [0.5, 0.6) is 5.75 Å². The van der Waals surface area contributed by atoms with Crippen molar-refractivity contribution in [3.63, 3.8) is 0 Å². The minimum atomic E-state index is -0.331. The van der Waals surface area contributed by atoms with Gasteiger partial charge in [-0.1, -0.05) is 30.3 Å². The predicted molar refractivity (Wildman–Crippen MR) is 134 cm³/mol. The molecule has 2 aliphatic rings. The zero-order chi connectivity index (χ0) is 24.4. The fraction of sp³-hybridized carbons (Fsp3) is 0.250. The average Bonchev–Trinajstić information content (AvgIpc) is 3.14. The molecule has 35 heavy (non-hydrogen) atoms. The number of methoxy groups -OCH3 is 1. The van der Waals surface area contributed by atoms with E-state index >= 15 is 0 Å². The van der Waals surface area contributed by atoms with E-state index in [1.54, 1.807) is 42.5 Å². The number of hydrogen-bond donors (Lipinski definition) is 1. The van der Waals surface area contributed by atoms with Crippen molar-refractivity contribution in [3.05, 3.63) is 89.0 Å². The van der Waals surface area contributed by atoms with E-state index in [1.807, 2.05) is 24.3 Å². The molecule has 0 aliphatic carbocycles. The number of para-hydroxylation sites is 2. The topological polar surface area (TPSA) is 78.9 Å². The molecule has 178 valence electrons. The molecule has 0 unspecified atom stereocenters. The third-order valence-electron chi connectivity index (χ3n) is 6.58. The van der Waals surface area contributed by atoms with Crippen molar-refractivity contribution in [1.82, 2.24) is 4.90 Å². The Morgan fingerprint density at radius 3 is 2.23 bits per heavy atom. The molecule has 7 nitrogen and oxygen atoms in total. The first-order valence-corrected chi connectivity index (χ1v) is 11.8. The second kappa shape index (κ2) is 9.62. The summed E-state index contributed by atoms with van der Waals surface area (Å²) in [5.74, 6) is -0.551. The molecule has 3 aromatic rings. The summed E-state index contributed by atoms with van der Waals surface area (Å²) >= 11 is 0. The summed E-state index contributed by atoms with van der Waals surface area (Å²) in [7, 11) is 1.51. The Labute approximate surface area is 204 Å². The molecular formula is C28H27N3O4. The third kappa shape index (κ3) is 4.37. The number of hydrogen-bond acceptors (Lipinski definition) is 5. The summed E-state index contributed by atoms with van der Waals surface area (Å²) in [6.07, 6.45) is 3.49. The van der Waals surface area contributed by atoms with Crippen LogP contribution < -0.4 is 15.0 Å². The zero-order valence-corrected chi connectivity index (χ0v) is 19.6. The molecule has 0 saturated carbocycles. The largest absolute Gasteiger partial charge is 0.496 e. The molecule has 0 bridgehead atoms. The minimum Gasteiger partial charge on any atom is -0.496 e. The number of imide groups is 1. The van der Waals surface area contributed by atoms with Gasteiger partial charge in [-0.15, -0.1) is 0 Å². The van der Waals surface area contributed by atoms with E-state index in [1.165, 1.54) is 18.4 Å². The lowest BCUT2D eigenvalue weighted by Crippen LogP contribution is -2.30. The van der Waals surface area contributed by atoms with Gasteiger partial charge in [0.1, 0.15) is 5.75 Å². The van der Waals surface area contributed by atoms with E-state index < -0.39 is 0 Å². The molecule has 2 heterocycles. The standard InChI is InChI=1S/C28H27N3O4/c1-35-25-14-13-19(18-31-27(33)20-9-3-4-10-21(20)28(31)34)17-22(25)26(32)29-23-11-5-6-12-24(23)30-15-7-2-8-16-30/h3-6,9-14,17H,2,7-8,15-16,18H2,1H3,(H,29,32). The number of fused-ring (bicyclic) bond motifs is 1. The van der Waals surface area contributed by atoms with E-state index in [2.05, 4.69) is 10.2 Å². The van der Waals surface area contributed by atoms with Gasteiger partial charge in [0.05, 0.1) is 41.7 Å². The summed E-state index contributed by atoms with van der Waals surface area (Å²) in [4.78, 5) is 42.4. The second-order valence-electron chi connectivity index (χ2n) is 8.80. The Kier molecular flexibility index (Phi) is 6.23. The number of piperidine rings is 1. The van der Waals surface area contributed by atoms with Gasteiger partial charge in [0.2, 0.25) is 0 Å². The maximum Gasteiger partial charge on any atom is 0.261 e. The number of anilines is 2. The van der Waals surface area contributed by atoms with E-state index in [4.69, 9.17) is 4.74 Å². The van der Waals surface area contributed by atoms with Gasteiger partial charge in [-0.2, -0.15) is 0 Å². The van der Waals surface area contributed by atoms with Crippen LogP contribution in [0.2, 0.25) is 0 Å². The fourth-order valence-electron chi connectivity index (χ4n) is 4.78. The summed E-state index contributed by atoms with van der Waals surface area (Å²) in [6, 6.07) is 19.7. The maximum atomic E-state index is 13.4. The van der Waals surface area contributed by atoms with Crippen molar-refractivity contribution in [2.24, 2.45) is 0 Å². The van der Waals surface area contributed by atoms with Crippen LogP contribution >= 0.6 is 0 Å². The Bertz CT molecular complexity index is 1260. The highest BCUT2D eigenvalue weighted by molar-refractivity contribution is 6.21. The first kappa shape index (κ1) is 22.7. The molecule has 1 N–H and O–H groups in total. The highest BCUT2D eigenvalue weighted by Gasteiger charge is 2.35. The van der Waals surface area contributed by atoms with Gasteiger partial charge in [0.15, 0.2) is 0 Å². The maximum absolute atomic E-state index is 13.4. The predicted octanol–water partition coefficient (Wildman–Crippen LogP) is 4.73. The summed E-state index contributed by atoms with van der Waals surface area (Å²) in [5.41, 5.74) is 3.55. The van der Waals surface area contributed by atoms with E-state index in [9.17, 15) is 14.4 Å². The molecule has 1 saturated heterocycles. The van der Waals surface area contributed by atoms with Gasteiger partial charge in [-0.25, -0.2) is 0 Å². The van der Waals surface area contributed by atoms with Gasteiger partial charge in [0.25, 0.3) is 17.7 Å².